The molecular weight excluding hydrogens is 438 g/mol. The molecule has 1 N–H and O–H groups in total. The summed E-state index contributed by atoms with van der Waals surface area (Å²) in [6.07, 6.45) is -4.93. The van der Waals surface area contributed by atoms with Crippen LogP contribution in [0.2, 0.25) is 0 Å². The van der Waals surface area contributed by atoms with E-state index in [0.29, 0.717) is 0 Å². The van der Waals surface area contributed by atoms with E-state index >= 15 is 0 Å². The van der Waals surface area contributed by atoms with Crippen LogP contribution in [0.25, 0.3) is 0 Å². The molecule has 2 aromatic carbocycles. The van der Waals surface area contributed by atoms with Crippen LogP contribution in [-0.2, 0) is 14.8 Å². The van der Waals surface area contributed by atoms with E-state index in [2.05, 4.69) is 4.74 Å². The summed E-state index contributed by atoms with van der Waals surface area (Å²) < 4.78 is 80.8. The van der Waals surface area contributed by atoms with Crippen molar-refractivity contribution in [3.05, 3.63) is 53.8 Å². The van der Waals surface area contributed by atoms with Gasteiger partial charge in [0.2, 0.25) is 0 Å². The molecule has 0 heterocycles. The number of hydrogen-bond acceptors (Lipinski definition) is 6. The number of anilines is 1. The van der Waals surface area contributed by atoms with Crippen molar-refractivity contribution in [3.63, 3.8) is 0 Å². The Morgan fingerprint density at radius 3 is 2.24 bits per heavy atom. The van der Waals surface area contributed by atoms with Crippen LogP contribution in [0.5, 0.6) is 5.75 Å². The second-order valence-corrected chi connectivity index (χ2v) is 8.36. The number of ketones is 1. The van der Waals surface area contributed by atoms with Crippen LogP contribution in [0.4, 0.5) is 23.2 Å². The molecule has 0 aliphatic rings. The molecule has 0 bridgehead atoms. The van der Waals surface area contributed by atoms with Gasteiger partial charge in [-0.05, 0) is 42.5 Å². The molecule has 0 aliphatic carbocycles. The number of halogens is 4. The molecule has 0 saturated carbocycles. The largest absolute Gasteiger partial charge is 0.573 e. The van der Waals surface area contributed by atoms with Crippen LogP contribution < -0.4 is 9.46 Å². The van der Waals surface area contributed by atoms with Gasteiger partial charge >= 0.3 is 6.36 Å². The minimum Gasteiger partial charge on any atom is -0.406 e. The molecular formula is C17H13F4NO5S2. The first-order valence-corrected chi connectivity index (χ1v) is 10.2. The van der Waals surface area contributed by atoms with Gasteiger partial charge < -0.3 is 4.74 Å². The second-order valence-electron chi connectivity index (χ2n) is 5.52. The Balaban J connectivity index is 2.15. The maximum atomic E-state index is 14.2. The number of alkyl halides is 3. The Kier molecular flexibility index (Phi) is 6.90. The van der Waals surface area contributed by atoms with Gasteiger partial charge in [0.15, 0.2) is 10.9 Å². The Labute approximate surface area is 167 Å². The van der Waals surface area contributed by atoms with E-state index < -0.39 is 44.3 Å². The standard InChI is InChI=1S/C17H13F4NO5S2/c1-10(23)28-9-16(24)11-2-7-15(14(18)8-11)22-29(25,26)13-5-3-12(4-6-13)27-17(19,20)21/h2-8,22H,9H2,1H3. The van der Waals surface area contributed by atoms with Gasteiger partial charge in [0, 0.05) is 12.5 Å². The van der Waals surface area contributed by atoms with Crippen molar-refractivity contribution in [2.75, 3.05) is 10.5 Å². The molecule has 0 unspecified atom stereocenters. The predicted octanol–water partition coefficient (Wildman–Crippen LogP) is 3.99. The minimum absolute atomic E-state index is 0.0483. The Bertz CT molecular complexity index is 1020. The van der Waals surface area contributed by atoms with Gasteiger partial charge in [0.05, 0.1) is 16.3 Å². The Morgan fingerprint density at radius 2 is 1.72 bits per heavy atom. The number of rotatable bonds is 7. The van der Waals surface area contributed by atoms with Gasteiger partial charge in [-0.25, -0.2) is 12.8 Å². The molecule has 0 radical (unpaired) electrons. The summed E-state index contributed by atoms with van der Waals surface area (Å²) in [5, 5.41) is -0.283. The first-order chi connectivity index (χ1) is 13.4. The zero-order valence-corrected chi connectivity index (χ0v) is 16.3. The van der Waals surface area contributed by atoms with Gasteiger partial charge in [-0.2, -0.15) is 0 Å². The third-order valence-electron chi connectivity index (χ3n) is 3.31. The van der Waals surface area contributed by atoms with Gasteiger partial charge in [-0.3, -0.25) is 14.3 Å². The van der Waals surface area contributed by atoms with Gasteiger partial charge in [0.25, 0.3) is 10.0 Å². The van der Waals surface area contributed by atoms with Crippen molar-refractivity contribution in [3.8, 4) is 5.75 Å². The van der Waals surface area contributed by atoms with Crippen molar-refractivity contribution in [1.82, 2.24) is 0 Å². The zero-order chi connectivity index (χ0) is 21.8. The number of benzene rings is 2. The van der Waals surface area contributed by atoms with Gasteiger partial charge in [0.1, 0.15) is 11.6 Å². The second kappa shape index (κ2) is 8.82. The summed E-state index contributed by atoms with van der Waals surface area (Å²) in [7, 11) is -4.31. The molecule has 2 aromatic rings. The van der Waals surface area contributed by atoms with Gasteiger partial charge in [-0.1, -0.05) is 11.8 Å². The molecule has 0 saturated heterocycles. The smallest absolute Gasteiger partial charge is 0.406 e. The highest BCUT2D eigenvalue weighted by atomic mass is 32.2. The molecule has 6 nitrogen and oxygen atoms in total. The third kappa shape index (κ3) is 6.75. The first-order valence-electron chi connectivity index (χ1n) is 7.72. The molecule has 0 aliphatic heterocycles. The SMILES string of the molecule is CC(=O)SCC(=O)c1ccc(NS(=O)(=O)c2ccc(OC(F)(F)F)cc2)c(F)c1. The fourth-order valence-electron chi connectivity index (χ4n) is 2.05. The van der Waals surface area contributed by atoms with E-state index in [0.717, 1.165) is 48.2 Å². The highest BCUT2D eigenvalue weighted by Gasteiger charge is 2.31. The highest BCUT2D eigenvalue weighted by Crippen LogP contribution is 2.25. The molecule has 29 heavy (non-hydrogen) atoms. The highest BCUT2D eigenvalue weighted by molar-refractivity contribution is 8.14. The van der Waals surface area contributed by atoms with Crippen LogP contribution in [-0.4, -0.2) is 31.4 Å². The van der Waals surface area contributed by atoms with Crippen molar-refractivity contribution >= 4 is 38.4 Å². The average Bonchev–Trinajstić information content (AvgIpc) is 2.60. The molecule has 0 fully saturated rings. The van der Waals surface area contributed by atoms with E-state index in [1.807, 2.05) is 4.72 Å². The number of sulfonamides is 1. The molecule has 0 amide bonds. The quantitative estimate of drug-likeness (QED) is 0.506. The predicted molar refractivity (Wildman–Crippen MR) is 97.8 cm³/mol. The topological polar surface area (TPSA) is 89.5 Å². The van der Waals surface area contributed by atoms with Gasteiger partial charge in [-0.15, -0.1) is 13.2 Å². The summed E-state index contributed by atoms with van der Waals surface area (Å²) in [6.45, 7) is 1.28. The number of carbonyl (C=O) groups excluding carboxylic acids is 2. The zero-order valence-electron chi connectivity index (χ0n) is 14.6. The van der Waals surface area contributed by atoms with Crippen LogP contribution >= 0.6 is 11.8 Å². The maximum absolute atomic E-state index is 14.2. The van der Waals surface area contributed by atoms with E-state index in [-0.39, 0.29) is 16.4 Å². The minimum atomic E-state index is -4.93. The monoisotopic (exact) mass is 451 g/mol. The first kappa shape index (κ1) is 22.7. The Hall–Kier alpha value is -2.60. The molecule has 0 atom stereocenters. The number of carbonyl (C=O) groups is 2. The average molecular weight is 451 g/mol. The number of thioether (sulfide) groups is 1. The summed E-state index contributed by atoms with van der Waals surface area (Å²) in [5.74, 6) is -2.36. The fourth-order valence-corrected chi connectivity index (χ4v) is 3.61. The van der Waals surface area contributed by atoms with Crippen LogP contribution in [0.1, 0.15) is 17.3 Å². The summed E-state index contributed by atoms with van der Waals surface area (Å²) in [5.41, 5.74) is -0.510. The number of ether oxygens (including phenoxy) is 1. The maximum Gasteiger partial charge on any atom is 0.573 e. The number of Topliss-reactive ketones (excluding diaryl/α,β-unsaturated/α-hetero) is 1. The molecule has 156 valence electrons. The van der Waals surface area contributed by atoms with E-state index in [9.17, 15) is 35.6 Å². The van der Waals surface area contributed by atoms with E-state index in [1.165, 1.54) is 13.0 Å². The molecule has 0 spiro atoms. The van der Waals surface area contributed by atoms with Crippen LogP contribution in [0.15, 0.2) is 47.4 Å². The third-order valence-corrected chi connectivity index (χ3v) is 5.50. The summed E-state index contributed by atoms with van der Waals surface area (Å²) in [6, 6.07) is 6.35. The lowest BCUT2D eigenvalue weighted by molar-refractivity contribution is -0.274. The van der Waals surface area contributed by atoms with E-state index in [1.54, 1.807) is 0 Å². The van der Waals surface area contributed by atoms with Crippen molar-refractivity contribution in [1.29, 1.82) is 0 Å². The normalized spacial score (nSPS) is 11.8. The van der Waals surface area contributed by atoms with Crippen molar-refractivity contribution in [2.24, 2.45) is 0 Å². The summed E-state index contributed by atoms with van der Waals surface area (Å²) in [4.78, 5) is 22.3. The van der Waals surface area contributed by atoms with E-state index in [4.69, 9.17) is 0 Å². The lowest BCUT2D eigenvalue weighted by Gasteiger charge is -2.11. The number of hydrogen-bond donors (Lipinski definition) is 1. The van der Waals surface area contributed by atoms with Crippen LogP contribution in [0.3, 0.4) is 0 Å². The number of nitrogens with one attached hydrogen (secondary N) is 1. The Morgan fingerprint density at radius 1 is 1.10 bits per heavy atom. The van der Waals surface area contributed by atoms with Crippen LogP contribution in [0, 0.1) is 5.82 Å². The lowest BCUT2D eigenvalue weighted by Crippen LogP contribution is -2.17. The molecule has 0 aromatic heterocycles. The molecule has 12 heteroatoms. The lowest BCUT2D eigenvalue weighted by atomic mass is 10.1. The molecule has 2 rings (SSSR count). The fraction of sp³-hybridized carbons (Fsp3) is 0.176. The summed E-state index contributed by atoms with van der Waals surface area (Å²) >= 11 is 0.753. The van der Waals surface area contributed by atoms with Crippen molar-refractivity contribution < 1.29 is 40.3 Å². The van der Waals surface area contributed by atoms with Crippen molar-refractivity contribution in [2.45, 2.75) is 18.2 Å².